The molecule has 0 saturated carbocycles. The SMILES string of the molecule is COc1cc(-c2ccccc2)cc(S(=O)(=O)c2cc(C(=N)N)sc2SC)c1.Cl. The van der Waals surface area contributed by atoms with Gasteiger partial charge in [0.1, 0.15) is 11.6 Å². The molecule has 3 rings (SSSR count). The predicted octanol–water partition coefficient (Wildman–Crippen LogP) is 4.68. The van der Waals surface area contributed by atoms with E-state index in [1.54, 1.807) is 18.4 Å². The molecule has 0 aliphatic heterocycles. The van der Waals surface area contributed by atoms with E-state index in [4.69, 9.17) is 15.9 Å². The monoisotopic (exact) mass is 454 g/mol. The van der Waals surface area contributed by atoms with Crippen LogP contribution in [0.2, 0.25) is 0 Å². The molecule has 3 aromatic rings. The Balaban J connectivity index is 0.00000280. The number of ether oxygens (including phenoxy) is 1. The van der Waals surface area contributed by atoms with Crippen molar-refractivity contribution in [2.75, 3.05) is 13.4 Å². The summed E-state index contributed by atoms with van der Waals surface area (Å²) in [6.45, 7) is 0. The Morgan fingerprint density at radius 1 is 1.11 bits per heavy atom. The van der Waals surface area contributed by atoms with Crippen LogP contribution in [0.1, 0.15) is 4.88 Å². The lowest BCUT2D eigenvalue weighted by molar-refractivity contribution is 0.413. The van der Waals surface area contributed by atoms with E-state index in [1.807, 2.05) is 30.3 Å². The molecule has 3 N–H and O–H groups in total. The minimum atomic E-state index is -3.80. The van der Waals surface area contributed by atoms with Gasteiger partial charge in [-0.3, -0.25) is 5.41 Å². The van der Waals surface area contributed by atoms with Crippen molar-refractivity contribution in [3.8, 4) is 16.9 Å². The fraction of sp³-hybridized carbons (Fsp3) is 0.105. The van der Waals surface area contributed by atoms with Crippen LogP contribution in [-0.4, -0.2) is 27.6 Å². The van der Waals surface area contributed by atoms with Crippen LogP contribution >= 0.6 is 35.5 Å². The Morgan fingerprint density at radius 3 is 2.36 bits per heavy atom. The van der Waals surface area contributed by atoms with Gasteiger partial charge in [0, 0.05) is 0 Å². The zero-order valence-corrected chi connectivity index (χ0v) is 18.4. The Hall–Kier alpha value is -2.00. The van der Waals surface area contributed by atoms with Gasteiger partial charge in [0.25, 0.3) is 0 Å². The minimum Gasteiger partial charge on any atom is -0.497 e. The molecule has 0 atom stereocenters. The summed E-state index contributed by atoms with van der Waals surface area (Å²) in [5, 5.41) is 7.60. The number of sulfone groups is 1. The highest BCUT2D eigenvalue weighted by molar-refractivity contribution is 8.01. The van der Waals surface area contributed by atoms with Crippen LogP contribution in [0.3, 0.4) is 0 Å². The van der Waals surface area contributed by atoms with Crippen molar-refractivity contribution in [2.24, 2.45) is 5.73 Å². The Labute approximate surface area is 178 Å². The number of thiophene rings is 1. The van der Waals surface area contributed by atoms with Gasteiger partial charge in [-0.15, -0.1) is 35.5 Å². The first-order valence-corrected chi connectivity index (χ1v) is 11.4. The number of hydrogen-bond acceptors (Lipinski definition) is 6. The molecular formula is C19H19ClN2O3S3. The third kappa shape index (κ3) is 4.35. The van der Waals surface area contributed by atoms with Crippen molar-refractivity contribution in [3.63, 3.8) is 0 Å². The van der Waals surface area contributed by atoms with E-state index in [0.717, 1.165) is 11.1 Å². The Kier molecular flexibility index (Phi) is 7.16. The second-order valence-electron chi connectivity index (χ2n) is 5.65. The number of thioether (sulfide) groups is 1. The van der Waals surface area contributed by atoms with Crippen molar-refractivity contribution in [3.05, 3.63) is 59.5 Å². The van der Waals surface area contributed by atoms with Crippen LogP contribution in [0.25, 0.3) is 11.1 Å². The lowest BCUT2D eigenvalue weighted by Crippen LogP contribution is -2.09. The van der Waals surface area contributed by atoms with Gasteiger partial charge in [0.05, 0.1) is 26.0 Å². The van der Waals surface area contributed by atoms with Crippen LogP contribution in [0.4, 0.5) is 0 Å². The van der Waals surface area contributed by atoms with Crippen LogP contribution in [0, 0.1) is 5.41 Å². The molecule has 1 heterocycles. The third-order valence-electron chi connectivity index (χ3n) is 3.94. The maximum Gasteiger partial charge on any atom is 0.208 e. The molecule has 0 spiro atoms. The Morgan fingerprint density at radius 2 is 1.79 bits per heavy atom. The Bertz CT molecular complexity index is 1100. The zero-order valence-electron chi connectivity index (χ0n) is 15.1. The van der Waals surface area contributed by atoms with Crippen molar-refractivity contribution in [1.82, 2.24) is 0 Å². The van der Waals surface area contributed by atoms with Gasteiger partial charge in [0.2, 0.25) is 9.84 Å². The van der Waals surface area contributed by atoms with E-state index in [2.05, 4.69) is 0 Å². The van der Waals surface area contributed by atoms with Gasteiger partial charge < -0.3 is 10.5 Å². The molecule has 0 radical (unpaired) electrons. The summed E-state index contributed by atoms with van der Waals surface area (Å²) >= 11 is 2.52. The number of rotatable bonds is 6. The normalized spacial score (nSPS) is 10.9. The summed E-state index contributed by atoms with van der Waals surface area (Å²) in [7, 11) is -2.29. The van der Waals surface area contributed by atoms with Crippen molar-refractivity contribution < 1.29 is 13.2 Å². The molecular weight excluding hydrogens is 436 g/mol. The fourth-order valence-corrected chi connectivity index (χ4v) is 6.51. The molecule has 0 amide bonds. The molecule has 9 heteroatoms. The standard InChI is InChI=1S/C19H18N2O3S3.ClH/c1-24-14-8-13(12-6-4-3-5-7-12)9-15(10-14)27(22,23)17-11-16(18(20)21)26-19(17)25-2;/h3-11H,1-2H3,(H3,20,21);1H. The molecule has 1 aromatic heterocycles. The third-order valence-corrected chi connectivity index (χ3v) is 8.26. The summed E-state index contributed by atoms with van der Waals surface area (Å²) < 4.78 is 32.6. The molecule has 0 bridgehead atoms. The van der Waals surface area contributed by atoms with Gasteiger partial charge in [-0.2, -0.15) is 0 Å². The lowest BCUT2D eigenvalue weighted by atomic mass is 10.1. The summed E-state index contributed by atoms with van der Waals surface area (Å²) in [5.41, 5.74) is 7.20. The average molecular weight is 455 g/mol. The highest BCUT2D eigenvalue weighted by atomic mass is 35.5. The first kappa shape index (κ1) is 22.3. The van der Waals surface area contributed by atoms with E-state index < -0.39 is 9.84 Å². The number of nitrogens with one attached hydrogen (secondary N) is 1. The maximum atomic E-state index is 13.3. The van der Waals surface area contributed by atoms with E-state index in [1.165, 1.54) is 42.3 Å². The number of hydrogen-bond donors (Lipinski definition) is 2. The van der Waals surface area contributed by atoms with Crippen molar-refractivity contribution in [1.29, 1.82) is 5.41 Å². The smallest absolute Gasteiger partial charge is 0.208 e. The summed E-state index contributed by atoms with van der Waals surface area (Å²) in [6.07, 6.45) is 1.80. The number of halogens is 1. The van der Waals surface area contributed by atoms with Crippen molar-refractivity contribution >= 4 is 51.2 Å². The van der Waals surface area contributed by atoms with Gasteiger partial charge in [-0.1, -0.05) is 30.3 Å². The summed E-state index contributed by atoms with van der Waals surface area (Å²) in [6, 6.07) is 15.9. The molecule has 5 nitrogen and oxygen atoms in total. The van der Waals surface area contributed by atoms with Gasteiger partial charge >= 0.3 is 0 Å². The second kappa shape index (κ2) is 9.00. The average Bonchev–Trinajstić information content (AvgIpc) is 3.14. The molecule has 0 aliphatic rings. The largest absolute Gasteiger partial charge is 0.497 e. The lowest BCUT2D eigenvalue weighted by Gasteiger charge is -2.10. The summed E-state index contributed by atoms with van der Waals surface area (Å²) in [4.78, 5) is 0.741. The van der Waals surface area contributed by atoms with E-state index in [9.17, 15) is 8.42 Å². The number of nitrogen functional groups attached to an aromatic ring is 1. The van der Waals surface area contributed by atoms with Gasteiger partial charge in [0.15, 0.2) is 0 Å². The molecule has 0 fully saturated rings. The van der Waals surface area contributed by atoms with Crippen LogP contribution < -0.4 is 10.5 Å². The second-order valence-corrected chi connectivity index (χ2v) is 9.69. The maximum absolute atomic E-state index is 13.3. The topological polar surface area (TPSA) is 93.2 Å². The fourth-order valence-electron chi connectivity index (χ4n) is 2.59. The minimum absolute atomic E-state index is 0. The molecule has 148 valence electrons. The zero-order chi connectivity index (χ0) is 19.6. The van der Waals surface area contributed by atoms with Crippen LogP contribution in [0.5, 0.6) is 5.75 Å². The first-order valence-electron chi connectivity index (χ1n) is 7.88. The number of methoxy groups -OCH3 is 1. The predicted molar refractivity (Wildman–Crippen MR) is 118 cm³/mol. The molecule has 2 aromatic carbocycles. The molecule has 0 unspecified atom stereocenters. The van der Waals surface area contributed by atoms with Crippen LogP contribution in [-0.2, 0) is 9.84 Å². The molecule has 28 heavy (non-hydrogen) atoms. The highest BCUT2D eigenvalue weighted by Crippen LogP contribution is 2.38. The van der Waals surface area contributed by atoms with Crippen molar-refractivity contribution in [2.45, 2.75) is 14.0 Å². The van der Waals surface area contributed by atoms with E-state index in [0.29, 0.717) is 14.8 Å². The molecule has 0 aliphatic carbocycles. The number of nitrogens with two attached hydrogens (primary N) is 1. The number of benzene rings is 2. The highest BCUT2D eigenvalue weighted by Gasteiger charge is 2.26. The van der Waals surface area contributed by atoms with E-state index in [-0.39, 0.29) is 28.0 Å². The summed E-state index contributed by atoms with van der Waals surface area (Å²) in [5.74, 6) is 0.315. The van der Waals surface area contributed by atoms with Crippen LogP contribution in [0.15, 0.2) is 68.6 Å². The molecule has 0 saturated heterocycles. The van der Waals surface area contributed by atoms with E-state index >= 15 is 0 Å². The van der Waals surface area contributed by atoms with Gasteiger partial charge in [-0.05, 0) is 41.6 Å². The van der Waals surface area contributed by atoms with Gasteiger partial charge in [-0.25, -0.2) is 8.42 Å². The quantitative estimate of drug-likeness (QED) is 0.320. The number of amidine groups is 1. The first-order chi connectivity index (χ1) is 12.9.